The molecule has 0 radical (unpaired) electrons. The molecule has 3 rings (SSSR count). The second-order valence-electron chi connectivity index (χ2n) is 5.06. The molecule has 1 unspecified atom stereocenters. The molecule has 1 aromatic heterocycles. The van der Waals surface area contributed by atoms with E-state index in [4.69, 9.17) is 5.73 Å². The van der Waals surface area contributed by atoms with E-state index >= 15 is 0 Å². The number of carbonyl (C=O) groups is 1. The number of carbonyl (C=O) groups excluding carboxylic acids is 1. The predicted molar refractivity (Wildman–Crippen MR) is 76.5 cm³/mol. The second kappa shape index (κ2) is 5.76. The van der Waals surface area contributed by atoms with Crippen LogP contribution in [-0.4, -0.2) is 22.3 Å². The van der Waals surface area contributed by atoms with Crippen LogP contribution in [0.15, 0.2) is 24.7 Å². The van der Waals surface area contributed by atoms with Gasteiger partial charge in [-0.15, -0.1) is 0 Å². The lowest BCUT2D eigenvalue weighted by Gasteiger charge is -2.24. The minimum Gasteiger partial charge on any atom is -0.370 e. The highest BCUT2D eigenvalue weighted by Crippen LogP contribution is 2.33. The van der Waals surface area contributed by atoms with Crippen LogP contribution >= 0.6 is 0 Å². The van der Waals surface area contributed by atoms with Crippen LogP contribution in [0.4, 0.5) is 14.6 Å². The van der Waals surface area contributed by atoms with Crippen molar-refractivity contribution < 1.29 is 13.6 Å². The third-order valence-electron chi connectivity index (χ3n) is 3.80. The summed E-state index contributed by atoms with van der Waals surface area (Å²) < 4.78 is 28.3. The van der Waals surface area contributed by atoms with Crippen LogP contribution in [0.5, 0.6) is 0 Å². The number of Topliss-reactive ketones (excluding diaryl/α,β-unsaturated/α-hetero) is 1. The Morgan fingerprint density at radius 3 is 3.00 bits per heavy atom. The van der Waals surface area contributed by atoms with Crippen LogP contribution in [0.3, 0.4) is 0 Å². The molecule has 1 aliphatic rings. The van der Waals surface area contributed by atoms with Gasteiger partial charge in [-0.2, -0.15) is 0 Å². The molecule has 2 heterocycles. The lowest BCUT2D eigenvalue weighted by atomic mass is 9.86. The van der Waals surface area contributed by atoms with Crippen LogP contribution in [0.2, 0.25) is 0 Å². The van der Waals surface area contributed by atoms with E-state index in [1.54, 1.807) is 0 Å². The van der Waals surface area contributed by atoms with E-state index in [1.807, 2.05) is 0 Å². The molecule has 22 heavy (non-hydrogen) atoms. The monoisotopic (exact) mass is 304 g/mol. The van der Waals surface area contributed by atoms with Gasteiger partial charge in [0.15, 0.2) is 5.78 Å². The topological polar surface area (TPSA) is 80.9 Å². The van der Waals surface area contributed by atoms with Crippen molar-refractivity contribution in [3.8, 4) is 0 Å². The highest BCUT2D eigenvalue weighted by Gasteiger charge is 2.32. The first-order valence-corrected chi connectivity index (χ1v) is 6.88. The van der Waals surface area contributed by atoms with Gasteiger partial charge in [0.25, 0.3) is 0 Å². The van der Waals surface area contributed by atoms with E-state index in [1.165, 1.54) is 18.6 Å². The van der Waals surface area contributed by atoms with Crippen LogP contribution < -0.4 is 11.1 Å². The number of halogens is 2. The summed E-state index contributed by atoms with van der Waals surface area (Å²) in [6, 6.07) is 2.32. The summed E-state index contributed by atoms with van der Waals surface area (Å²) in [6.07, 6.45) is 3.28. The Morgan fingerprint density at radius 2 is 2.23 bits per heavy atom. The SMILES string of the molecule is NCc1ccc(F)c(C(=O)C2CCNc3ncncc32)c1F. The van der Waals surface area contributed by atoms with Gasteiger partial charge in [0, 0.05) is 30.4 Å². The van der Waals surface area contributed by atoms with E-state index in [-0.39, 0.29) is 12.1 Å². The smallest absolute Gasteiger partial charge is 0.176 e. The molecule has 5 nitrogen and oxygen atoms in total. The first-order valence-electron chi connectivity index (χ1n) is 6.88. The molecule has 0 saturated carbocycles. The Hall–Kier alpha value is -2.41. The van der Waals surface area contributed by atoms with Crippen molar-refractivity contribution in [2.75, 3.05) is 11.9 Å². The zero-order valence-electron chi connectivity index (χ0n) is 11.6. The summed E-state index contributed by atoms with van der Waals surface area (Å²) >= 11 is 0. The van der Waals surface area contributed by atoms with Gasteiger partial charge in [0.05, 0.1) is 11.5 Å². The third-order valence-corrected chi connectivity index (χ3v) is 3.80. The summed E-state index contributed by atoms with van der Waals surface area (Å²) in [5.74, 6) is -2.52. The Morgan fingerprint density at radius 1 is 1.41 bits per heavy atom. The van der Waals surface area contributed by atoms with Crippen molar-refractivity contribution in [1.82, 2.24) is 9.97 Å². The largest absolute Gasteiger partial charge is 0.370 e. The normalized spacial score (nSPS) is 16.8. The molecule has 0 fully saturated rings. The van der Waals surface area contributed by atoms with Crippen molar-refractivity contribution in [1.29, 1.82) is 0 Å². The number of fused-ring (bicyclic) bond motifs is 1. The minimum absolute atomic E-state index is 0.0989. The van der Waals surface area contributed by atoms with Gasteiger partial charge in [-0.3, -0.25) is 4.79 Å². The average Bonchev–Trinajstić information content (AvgIpc) is 2.54. The van der Waals surface area contributed by atoms with Gasteiger partial charge in [0.2, 0.25) is 0 Å². The maximum atomic E-state index is 14.3. The van der Waals surface area contributed by atoms with E-state index in [0.29, 0.717) is 24.3 Å². The van der Waals surface area contributed by atoms with Gasteiger partial charge in [-0.1, -0.05) is 6.07 Å². The highest BCUT2D eigenvalue weighted by atomic mass is 19.1. The summed E-state index contributed by atoms with van der Waals surface area (Å²) in [5, 5.41) is 3.04. The van der Waals surface area contributed by atoms with Crippen LogP contribution in [-0.2, 0) is 6.54 Å². The number of rotatable bonds is 3. The number of nitrogens with zero attached hydrogens (tertiary/aromatic N) is 2. The Kier molecular flexibility index (Phi) is 3.81. The van der Waals surface area contributed by atoms with Gasteiger partial charge in [-0.05, 0) is 12.5 Å². The molecule has 1 aliphatic heterocycles. The van der Waals surface area contributed by atoms with Gasteiger partial charge in [0.1, 0.15) is 23.8 Å². The van der Waals surface area contributed by atoms with Gasteiger partial charge in [-0.25, -0.2) is 18.7 Å². The number of anilines is 1. The van der Waals surface area contributed by atoms with E-state index in [9.17, 15) is 13.6 Å². The number of hydrogen-bond donors (Lipinski definition) is 2. The number of nitrogens with two attached hydrogens (primary N) is 1. The Bertz CT molecular complexity index is 735. The fourth-order valence-corrected chi connectivity index (χ4v) is 2.66. The molecule has 0 spiro atoms. The molecule has 3 N–H and O–H groups in total. The average molecular weight is 304 g/mol. The molecule has 0 amide bonds. The fourth-order valence-electron chi connectivity index (χ4n) is 2.66. The minimum atomic E-state index is -0.885. The van der Waals surface area contributed by atoms with Crippen molar-refractivity contribution in [2.45, 2.75) is 18.9 Å². The van der Waals surface area contributed by atoms with E-state index in [2.05, 4.69) is 15.3 Å². The lowest BCUT2D eigenvalue weighted by molar-refractivity contribution is 0.0946. The van der Waals surface area contributed by atoms with Crippen molar-refractivity contribution >= 4 is 11.6 Å². The van der Waals surface area contributed by atoms with Crippen LogP contribution in [0.25, 0.3) is 0 Å². The zero-order chi connectivity index (χ0) is 15.7. The Balaban J connectivity index is 2.06. The second-order valence-corrected chi connectivity index (χ2v) is 5.06. The molecule has 114 valence electrons. The first-order chi connectivity index (χ1) is 10.6. The standard InChI is InChI=1S/C15H14F2N4O/c16-11-2-1-8(5-18)13(17)12(11)14(22)9-3-4-20-15-10(9)6-19-7-21-15/h1-2,6-7,9H,3-5,18H2,(H,19,20,21). The summed E-state index contributed by atoms with van der Waals surface area (Å²) in [7, 11) is 0. The summed E-state index contributed by atoms with van der Waals surface area (Å²) in [6.45, 7) is 0.401. The quantitative estimate of drug-likeness (QED) is 0.848. The third kappa shape index (κ3) is 2.33. The van der Waals surface area contributed by atoms with Crippen molar-refractivity contribution in [2.24, 2.45) is 5.73 Å². The maximum absolute atomic E-state index is 14.3. The molecule has 0 aliphatic carbocycles. The summed E-state index contributed by atoms with van der Waals surface area (Å²) in [5.41, 5.74) is 5.55. The number of benzene rings is 1. The van der Waals surface area contributed by atoms with Crippen LogP contribution in [0, 0.1) is 11.6 Å². The molecular weight excluding hydrogens is 290 g/mol. The number of nitrogens with one attached hydrogen (secondary N) is 1. The van der Waals surface area contributed by atoms with Gasteiger partial charge < -0.3 is 11.1 Å². The summed E-state index contributed by atoms with van der Waals surface area (Å²) in [4.78, 5) is 20.6. The number of hydrogen-bond acceptors (Lipinski definition) is 5. The molecular formula is C15H14F2N4O. The predicted octanol–water partition coefficient (Wildman–Crippen LogP) is 2.00. The maximum Gasteiger partial charge on any atom is 0.176 e. The van der Waals surface area contributed by atoms with Crippen LogP contribution in [0.1, 0.15) is 33.8 Å². The zero-order valence-corrected chi connectivity index (χ0v) is 11.6. The lowest BCUT2D eigenvalue weighted by Crippen LogP contribution is -2.25. The number of ketones is 1. The molecule has 1 aromatic carbocycles. The molecule has 0 bridgehead atoms. The number of aromatic nitrogens is 2. The fraction of sp³-hybridized carbons (Fsp3) is 0.267. The van der Waals surface area contributed by atoms with Gasteiger partial charge >= 0.3 is 0 Å². The van der Waals surface area contributed by atoms with Crippen molar-refractivity contribution in [3.05, 3.63) is 53.0 Å². The molecule has 0 saturated heterocycles. The molecule has 1 atom stereocenters. The van der Waals surface area contributed by atoms with E-state index < -0.39 is 28.9 Å². The van der Waals surface area contributed by atoms with E-state index in [0.717, 1.165) is 6.07 Å². The molecule has 2 aromatic rings. The van der Waals surface area contributed by atoms with Crippen molar-refractivity contribution in [3.63, 3.8) is 0 Å². The first kappa shape index (κ1) is 14.5. The molecule has 7 heteroatoms. The highest BCUT2D eigenvalue weighted by molar-refractivity contribution is 6.02. The Labute approximate surface area is 125 Å².